The number of halogens is 3. The molecule has 3 fully saturated rings. The minimum atomic E-state index is -5.08. The van der Waals surface area contributed by atoms with Crippen LogP contribution in [0.4, 0.5) is 18.0 Å². The number of likely N-dealkylation sites (tertiary alicyclic amines) is 2. The highest BCUT2D eigenvalue weighted by atomic mass is 19.4. The number of piperidine rings is 2. The summed E-state index contributed by atoms with van der Waals surface area (Å²) < 4.78 is 38.1. The summed E-state index contributed by atoms with van der Waals surface area (Å²) in [6.45, 7) is 11.9. The first-order valence-corrected chi connectivity index (χ1v) is 16.2. The highest BCUT2D eigenvalue weighted by molar-refractivity contribution is 5.97. The number of amides is 2. The van der Waals surface area contributed by atoms with Crippen molar-refractivity contribution in [3.05, 3.63) is 70.8 Å². The van der Waals surface area contributed by atoms with Gasteiger partial charge in [-0.1, -0.05) is 68.3 Å². The van der Waals surface area contributed by atoms with Crippen molar-refractivity contribution >= 4 is 18.0 Å². The first-order chi connectivity index (χ1) is 21.8. The number of carbonyl (C=O) groups is 3. The van der Waals surface area contributed by atoms with E-state index in [0.717, 1.165) is 93.4 Å². The molecular formula is C35H46F3N3O5. The smallest absolute Gasteiger partial charge is 0.475 e. The summed E-state index contributed by atoms with van der Waals surface area (Å²) >= 11 is 0. The van der Waals surface area contributed by atoms with E-state index in [1.54, 1.807) is 0 Å². The fourth-order valence-corrected chi connectivity index (χ4v) is 7.24. The number of nitrogens with zero attached hydrogens (tertiary/aromatic N) is 3. The predicted octanol–water partition coefficient (Wildman–Crippen LogP) is 7.15. The second-order valence-corrected chi connectivity index (χ2v) is 12.7. The van der Waals surface area contributed by atoms with Gasteiger partial charge in [-0.25, -0.2) is 9.59 Å². The molecule has 2 atom stereocenters. The molecule has 3 heterocycles. The van der Waals surface area contributed by atoms with E-state index in [2.05, 4.69) is 30.9 Å². The highest BCUT2D eigenvalue weighted by Gasteiger charge is 2.56. The van der Waals surface area contributed by atoms with Crippen LogP contribution in [-0.2, 0) is 9.53 Å². The topological polar surface area (TPSA) is 90.4 Å². The molecule has 252 valence electrons. The number of rotatable bonds is 7. The number of aryl methyl sites for hydroxylation is 2. The number of hydrogen-bond acceptors (Lipinski definition) is 5. The van der Waals surface area contributed by atoms with Gasteiger partial charge in [-0.3, -0.25) is 14.6 Å². The Morgan fingerprint density at radius 2 is 1.54 bits per heavy atom. The van der Waals surface area contributed by atoms with Gasteiger partial charge in [-0.05, 0) is 56.7 Å². The van der Waals surface area contributed by atoms with Gasteiger partial charge in [0, 0.05) is 50.6 Å². The lowest BCUT2D eigenvalue weighted by atomic mass is 9.80. The summed E-state index contributed by atoms with van der Waals surface area (Å²) in [5.74, 6) is -2.58. The van der Waals surface area contributed by atoms with Gasteiger partial charge < -0.3 is 14.7 Å². The van der Waals surface area contributed by atoms with Crippen molar-refractivity contribution in [1.29, 1.82) is 0 Å². The number of unbranched alkanes of at least 4 members (excludes halogenated alkanes) is 1. The van der Waals surface area contributed by atoms with E-state index in [1.807, 2.05) is 60.0 Å². The summed E-state index contributed by atoms with van der Waals surface area (Å²) in [5.41, 5.74) is 3.75. The van der Waals surface area contributed by atoms with Crippen molar-refractivity contribution in [3.63, 3.8) is 0 Å². The number of ether oxygens (including phenoxy) is 1. The monoisotopic (exact) mass is 645 g/mol. The summed E-state index contributed by atoms with van der Waals surface area (Å²) in [5, 5.41) is 7.12. The number of aliphatic carboxylic acids is 1. The molecule has 8 nitrogen and oxygen atoms in total. The number of hydrogen-bond donors (Lipinski definition) is 1. The molecule has 3 saturated heterocycles. The second-order valence-electron chi connectivity index (χ2n) is 12.7. The Bertz CT molecular complexity index is 1330. The third kappa shape index (κ3) is 7.85. The number of alkyl halides is 3. The van der Waals surface area contributed by atoms with E-state index in [9.17, 15) is 22.8 Å². The molecule has 0 radical (unpaired) electrons. The molecule has 3 aliphatic rings. The fraction of sp³-hybridized carbons (Fsp3) is 0.571. The largest absolute Gasteiger partial charge is 0.490 e. The van der Waals surface area contributed by atoms with Crippen LogP contribution in [0.3, 0.4) is 0 Å². The maximum atomic E-state index is 13.3. The molecular weight excluding hydrogens is 599 g/mol. The lowest BCUT2D eigenvalue weighted by molar-refractivity contribution is -0.192. The fourth-order valence-electron chi connectivity index (χ4n) is 7.24. The maximum Gasteiger partial charge on any atom is 0.490 e. The molecule has 2 unspecified atom stereocenters. The van der Waals surface area contributed by atoms with E-state index in [1.165, 1.54) is 0 Å². The Labute approximate surface area is 269 Å². The van der Waals surface area contributed by atoms with Gasteiger partial charge in [0.05, 0.1) is 12.1 Å². The number of carbonyl (C=O) groups excluding carboxylic acids is 2. The molecule has 1 spiro atoms. The Morgan fingerprint density at radius 3 is 2.07 bits per heavy atom. The Balaban J connectivity index is 0.000000617. The number of carboxylic acid groups (broad SMARTS) is 1. The first-order valence-electron chi connectivity index (χ1n) is 16.2. The zero-order valence-corrected chi connectivity index (χ0v) is 27.2. The van der Waals surface area contributed by atoms with Crippen LogP contribution in [0.15, 0.2) is 48.5 Å². The first kappa shape index (κ1) is 35.3. The van der Waals surface area contributed by atoms with Crippen LogP contribution in [0, 0.1) is 13.8 Å². The minimum absolute atomic E-state index is 0.00304. The summed E-state index contributed by atoms with van der Waals surface area (Å²) in [7, 11) is 0. The summed E-state index contributed by atoms with van der Waals surface area (Å²) in [4.78, 5) is 42.2. The highest BCUT2D eigenvalue weighted by Crippen LogP contribution is 2.45. The van der Waals surface area contributed by atoms with Gasteiger partial charge in [0.1, 0.15) is 5.60 Å². The van der Waals surface area contributed by atoms with Gasteiger partial charge >= 0.3 is 18.2 Å². The molecule has 1 N–H and O–H groups in total. The van der Waals surface area contributed by atoms with Crippen molar-refractivity contribution in [2.45, 2.75) is 103 Å². The van der Waals surface area contributed by atoms with E-state index < -0.39 is 17.7 Å². The average molecular weight is 646 g/mol. The lowest BCUT2D eigenvalue weighted by Gasteiger charge is -2.46. The maximum absolute atomic E-state index is 13.3. The minimum Gasteiger partial charge on any atom is -0.475 e. The third-order valence-electron chi connectivity index (χ3n) is 9.82. The molecule has 0 aromatic heterocycles. The molecule has 3 aliphatic heterocycles. The molecule has 0 bridgehead atoms. The van der Waals surface area contributed by atoms with Gasteiger partial charge in [-0.2, -0.15) is 13.2 Å². The molecule has 0 aliphatic carbocycles. The molecule has 5 rings (SSSR count). The zero-order valence-electron chi connectivity index (χ0n) is 27.2. The molecule has 0 saturated carbocycles. The van der Waals surface area contributed by atoms with E-state index >= 15 is 0 Å². The number of benzene rings is 2. The SMILES string of the molecule is CCCCC1N(C(C)c2ccccc2)C(=O)OC12CCN(C1CCN(C(=O)c3c(C)cccc3C)CC1)CC2.O=C(O)C(F)(F)F. The van der Waals surface area contributed by atoms with Crippen LogP contribution >= 0.6 is 0 Å². The number of carboxylic acids is 1. The van der Waals surface area contributed by atoms with Crippen LogP contribution in [0.1, 0.15) is 91.9 Å². The van der Waals surface area contributed by atoms with Crippen LogP contribution in [0.25, 0.3) is 0 Å². The normalized spacial score (nSPS) is 21.0. The molecule has 11 heteroatoms. The van der Waals surface area contributed by atoms with Gasteiger partial charge in [0.15, 0.2) is 0 Å². The standard InChI is InChI=1S/C33H45N3O3.C2HF3O2/c1-5-6-15-29-33(39-32(38)36(29)26(4)27-13-8-7-9-14-27)18-22-34(23-19-33)28-16-20-35(21-17-28)31(37)30-24(2)11-10-12-25(30)3;3-2(4,5)1(6)7/h7-14,26,28-29H,5-6,15-23H2,1-4H3;(H,6,7). The van der Waals surface area contributed by atoms with Crippen molar-refractivity contribution in [3.8, 4) is 0 Å². The second kappa shape index (κ2) is 14.9. The van der Waals surface area contributed by atoms with Crippen molar-refractivity contribution in [2.75, 3.05) is 26.2 Å². The van der Waals surface area contributed by atoms with Crippen molar-refractivity contribution in [1.82, 2.24) is 14.7 Å². The van der Waals surface area contributed by atoms with Crippen LogP contribution in [0.2, 0.25) is 0 Å². The molecule has 2 amide bonds. The van der Waals surface area contributed by atoms with Crippen molar-refractivity contribution < 1.29 is 37.4 Å². The van der Waals surface area contributed by atoms with Crippen LogP contribution in [0.5, 0.6) is 0 Å². The van der Waals surface area contributed by atoms with Crippen LogP contribution in [-0.4, -0.2) is 87.8 Å². The lowest BCUT2D eigenvalue weighted by Crippen LogP contribution is -2.56. The Morgan fingerprint density at radius 1 is 0.978 bits per heavy atom. The van der Waals surface area contributed by atoms with E-state index in [-0.39, 0.29) is 24.1 Å². The molecule has 46 heavy (non-hydrogen) atoms. The summed E-state index contributed by atoms with van der Waals surface area (Å²) in [6, 6.07) is 17.0. The van der Waals surface area contributed by atoms with Gasteiger partial charge in [-0.15, -0.1) is 0 Å². The van der Waals surface area contributed by atoms with Crippen molar-refractivity contribution in [2.24, 2.45) is 0 Å². The Hall–Kier alpha value is -3.60. The average Bonchev–Trinajstić information content (AvgIpc) is 3.29. The zero-order chi connectivity index (χ0) is 33.6. The van der Waals surface area contributed by atoms with Gasteiger partial charge in [0.2, 0.25) is 0 Å². The third-order valence-corrected chi connectivity index (χ3v) is 9.82. The van der Waals surface area contributed by atoms with E-state index in [4.69, 9.17) is 14.6 Å². The molecule has 2 aromatic rings. The molecule has 2 aromatic carbocycles. The Kier molecular flexibility index (Phi) is 11.4. The predicted molar refractivity (Wildman–Crippen MR) is 169 cm³/mol. The summed E-state index contributed by atoms with van der Waals surface area (Å²) in [6.07, 6.45) is 1.72. The van der Waals surface area contributed by atoms with Crippen LogP contribution < -0.4 is 0 Å². The van der Waals surface area contributed by atoms with Gasteiger partial charge in [0.25, 0.3) is 5.91 Å². The van der Waals surface area contributed by atoms with E-state index in [0.29, 0.717) is 6.04 Å². The quantitative estimate of drug-likeness (QED) is 0.344.